The van der Waals surface area contributed by atoms with Gasteiger partial charge in [0, 0.05) is 48.1 Å². The van der Waals surface area contributed by atoms with Crippen molar-refractivity contribution in [3.63, 3.8) is 0 Å². The second kappa shape index (κ2) is 5.53. The van der Waals surface area contributed by atoms with Gasteiger partial charge in [-0.1, -0.05) is 0 Å². The van der Waals surface area contributed by atoms with Crippen LogP contribution in [-0.4, -0.2) is 33.5 Å². The van der Waals surface area contributed by atoms with Crippen molar-refractivity contribution in [1.82, 2.24) is 14.9 Å². The summed E-state index contributed by atoms with van der Waals surface area (Å²) in [5, 5.41) is 1.25. The van der Waals surface area contributed by atoms with E-state index in [0.717, 1.165) is 13.0 Å². The molecule has 2 heterocycles. The second-order valence-electron chi connectivity index (χ2n) is 5.41. The maximum atomic E-state index is 4.21. The summed E-state index contributed by atoms with van der Waals surface area (Å²) in [6.45, 7) is 10.1. The van der Waals surface area contributed by atoms with Crippen LogP contribution in [0.3, 0.4) is 0 Å². The van der Waals surface area contributed by atoms with E-state index >= 15 is 0 Å². The zero-order chi connectivity index (χ0) is 13.1. The number of aromatic amines is 1. The minimum atomic E-state index is 0.591. The van der Waals surface area contributed by atoms with Gasteiger partial charge >= 0.3 is 0 Å². The van der Waals surface area contributed by atoms with E-state index in [1.54, 1.807) is 0 Å². The molecule has 3 nitrogen and oxygen atoms in total. The van der Waals surface area contributed by atoms with Gasteiger partial charge in [0.2, 0.25) is 0 Å². The Bertz CT molecular complexity index is 491. The predicted octanol–water partition coefficient (Wildman–Crippen LogP) is 3.22. The lowest BCUT2D eigenvalue weighted by Gasteiger charge is -2.30. The summed E-state index contributed by atoms with van der Waals surface area (Å²) in [6, 6.07) is 3.21. The van der Waals surface area contributed by atoms with E-state index in [4.69, 9.17) is 0 Å². The highest BCUT2D eigenvalue weighted by molar-refractivity contribution is 5.81. The number of pyridine rings is 1. The molecule has 0 unspecified atom stereocenters. The van der Waals surface area contributed by atoms with Crippen LogP contribution in [0.15, 0.2) is 24.7 Å². The highest BCUT2D eigenvalue weighted by atomic mass is 15.2. The van der Waals surface area contributed by atoms with Crippen molar-refractivity contribution in [2.75, 3.05) is 6.54 Å². The number of nitrogens with one attached hydrogen (secondary N) is 1. The topological polar surface area (TPSA) is 31.9 Å². The first-order valence-electron chi connectivity index (χ1n) is 6.75. The van der Waals surface area contributed by atoms with Gasteiger partial charge in [0.1, 0.15) is 0 Å². The van der Waals surface area contributed by atoms with Crippen LogP contribution in [0.4, 0.5) is 0 Å². The normalized spacial score (nSPS) is 12.2. The van der Waals surface area contributed by atoms with Crippen LogP contribution >= 0.6 is 0 Å². The molecular weight excluding hydrogens is 222 g/mol. The molecule has 0 aliphatic carbocycles. The number of aromatic nitrogens is 2. The fourth-order valence-electron chi connectivity index (χ4n) is 2.59. The Hall–Kier alpha value is -1.35. The minimum absolute atomic E-state index is 0.591. The van der Waals surface area contributed by atoms with E-state index in [1.165, 1.54) is 16.5 Å². The fraction of sp³-hybridized carbons (Fsp3) is 0.533. The van der Waals surface area contributed by atoms with Gasteiger partial charge in [-0.05, 0) is 45.7 Å². The lowest BCUT2D eigenvalue weighted by atomic mass is 10.1. The van der Waals surface area contributed by atoms with Crippen LogP contribution in [0.5, 0.6) is 0 Å². The van der Waals surface area contributed by atoms with Crippen molar-refractivity contribution >= 4 is 10.9 Å². The summed E-state index contributed by atoms with van der Waals surface area (Å²) in [5.74, 6) is 0. The van der Waals surface area contributed by atoms with Crippen LogP contribution in [0.1, 0.15) is 33.3 Å². The number of hydrogen-bond acceptors (Lipinski definition) is 2. The highest BCUT2D eigenvalue weighted by Crippen LogP contribution is 2.18. The van der Waals surface area contributed by atoms with Crippen molar-refractivity contribution in [1.29, 1.82) is 0 Å². The van der Waals surface area contributed by atoms with Gasteiger partial charge in [0.05, 0.1) is 0 Å². The summed E-state index contributed by atoms with van der Waals surface area (Å²) in [4.78, 5) is 10.0. The average molecular weight is 245 g/mol. The summed E-state index contributed by atoms with van der Waals surface area (Å²) >= 11 is 0. The van der Waals surface area contributed by atoms with E-state index < -0.39 is 0 Å². The minimum Gasteiger partial charge on any atom is -0.361 e. The van der Waals surface area contributed by atoms with E-state index in [-0.39, 0.29) is 0 Å². The van der Waals surface area contributed by atoms with Gasteiger partial charge in [0.25, 0.3) is 0 Å². The molecule has 0 aliphatic rings. The first-order chi connectivity index (χ1) is 8.59. The Kier molecular flexibility index (Phi) is 4.02. The van der Waals surface area contributed by atoms with E-state index in [9.17, 15) is 0 Å². The smallest absolute Gasteiger partial charge is 0.0487 e. The van der Waals surface area contributed by atoms with Crippen molar-refractivity contribution in [2.45, 2.75) is 46.2 Å². The van der Waals surface area contributed by atoms with Crippen molar-refractivity contribution in [3.8, 4) is 0 Å². The standard InChI is InChI=1S/C15H23N3/c1-11(2)18(12(3)4)8-6-13-9-17-15-5-7-16-10-14(13)15/h5,7,9-12,17H,6,8H2,1-4H3. The van der Waals surface area contributed by atoms with E-state index in [0.29, 0.717) is 12.1 Å². The first kappa shape index (κ1) is 13.1. The molecule has 0 saturated carbocycles. The molecule has 3 heteroatoms. The lowest BCUT2D eigenvalue weighted by molar-refractivity contribution is 0.177. The quantitative estimate of drug-likeness (QED) is 0.877. The Morgan fingerprint density at radius 1 is 1.22 bits per heavy atom. The Morgan fingerprint density at radius 2 is 1.94 bits per heavy atom. The third-order valence-corrected chi connectivity index (χ3v) is 3.53. The summed E-state index contributed by atoms with van der Waals surface area (Å²) < 4.78 is 0. The fourth-order valence-corrected chi connectivity index (χ4v) is 2.59. The zero-order valence-corrected chi connectivity index (χ0v) is 11.8. The highest BCUT2D eigenvalue weighted by Gasteiger charge is 2.13. The Balaban J connectivity index is 2.10. The molecule has 0 aromatic carbocycles. The maximum absolute atomic E-state index is 4.21. The summed E-state index contributed by atoms with van der Waals surface area (Å²) in [5.41, 5.74) is 2.55. The van der Waals surface area contributed by atoms with Crippen LogP contribution in [-0.2, 0) is 6.42 Å². The van der Waals surface area contributed by atoms with Gasteiger partial charge in [-0.3, -0.25) is 9.88 Å². The number of nitrogens with zero attached hydrogens (tertiary/aromatic N) is 2. The molecule has 2 aromatic heterocycles. The summed E-state index contributed by atoms with van der Waals surface area (Å²) in [7, 11) is 0. The zero-order valence-electron chi connectivity index (χ0n) is 11.8. The third-order valence-electron chi connectivity index (χ3n) is 3.53. The van der Waals surface area contributed by atoms with Crippen LogP contribution < -0.4 is 0 Å². The van der Waals surface area contributed by atoms with Crippen molar-refractivity contribution < 1.29 is 0 Å². The Labute approximate surface area is 109 Å². The molecule has 98 valence electrons. The van der Waals surface area contributed by atoms with Crippen molar-refractivity contribution in [3.05, 3.63) is 30.2 Å². The van der Waals surface area contributed by atoms with Crippen LogP contribution in [0.2, 0.25) is 0 Å². The predicted molar refractivity (Wildman–Crippen MR) is 76.8 cm³/mol. The molecule has 0 fully saturated rings. The van der Waals surface area contributed by atoms with Crippen LogP contribution in [0.25, 0.3) is 10.9 Å². The van der Waals surface area contributed by atoms with Crippen LogP contribution in [0, 0.1) is 0 Å². The Morgan fingerprint density at radius 3 is 2.61 bits per heavy atom. The van der Waals surface area contributed by atoms with Crippen molar-refractivity contribution in [2.24, 2.45) is 0 Å². The largest absolute Gasteiger partial charge is 0.361 e. The molecule has 2 rings (SSSR count). The number of rotatable bonds is 5. The molecule has 2 aromatic rings. The first-order valence-corrected chi connectivity index (χ1v) is 6.75. The number of H-pyrrole nitrogens is 1. The van der Waals surface area contributed by atoms with E-state index in [1.807, 2.05) is 18.5 Å². The maximum Gasteiger partial charge on any atom is 0.0487 e. The third kappa shape index (κ3) is 2.72. The number of fused-ring (bicyclic) bond motifs is 1. The number of hydrogen-bond donors (Lipinski definition) is 1. The van der Waals surface area contributed by atoms with Gasteiger partial charge in [0.15, 0.2) is 0 Å². The monoisotopic (exact) mass is 245 g/mol. The SMILES string of the molecule is CC(C)N(CCc1c[nH]c2ccncc12)C(C)C. The molecule has 0 radical (unpaired) electrons. The molecule has 1 N–H and O–H groups in total. The lowest BCUT2D eigenvalue weighted by Crippen LogP contribution is -2.38. The van der Waals surface area contributed by atoms with Gasteiger partial charge < -0.3 is 4.98 Å². The van der Waals surface area contributed by atoms with Gasteiger partial charge in [-0.25, -0.2) is 0 Å². The molecule has 0 saturated heterocycles. The molecular formula is C15H23N3. The van der Waals surface area contributed by atoms with Gasteiger partial charge in [-0.2, -0.15) is 0 Å². The van der Waals surface area contributed by atoms with E-state index in [2.05, 4.69) is 48.8 Å². The molecule has 0 aliphatic heterocycles. The molecule has 0 spiro atoms. The molecule has 0 amide bonds. The molecule has 0 atom stereocenters. The molecule has 0 bridgehead atoms. The van der Waals surface area contributed by atoms with Gasteiger partial charge in [-0.15, -0.1) is 0 Å². The average Bonchev–Trinajstić information content (AvgIpc) is 2.72. The summed E-state index contributed by atoms with van der Waals surface area (Å²) in [6.07, 6.45) is 6.97. The second-order valence-corrected chi connectivity index (χ2v) is 5.41. The molecule has 18 heavy (non-hydrogen) atoms.